The third kappa shape index (κ3) is 8.65. The molecular formula is C36H53O3P. The Hall–Kier alpha value is -2.19. The van der Waals surface area contributed by atoms with Crippen LogP contribution >= 0.6 is 7.28 Å². The topological polar surface area (TPSA) is 38.7 Å². The number of hydrogen-bond acceptors (Lipinski definition) is 3. The van der Waals surface area contributed by atoms with Gasteiger partial charge < -0.3 is 0 Å². The van der Waals surface area contributed by atoms with Crippen LogP contribution in [0, 0.1) is 20.8 Å². The molecule has 3 rings (SSSR count). The molecule has 0 bridgehead atoms. The zero-order valence-electron chi connectivity index (χ0n) is 25.5. The van der Waals surface area contributed by atoms with E-state index in [1.54, 1.807) is 0 Å². The molecule has 0 aliphatic heterocycles. The van der Waals surface area contributed by atoms with E-state index < -0.39 is 7.28 Å². The Balaban J connectivity index is 1.68. The van der Waals surface area contributed by atoms with Gasteiger partial charge in [-0.25, -0.2) is 0 Å². The van der Waals surface area contributed by atoms with Crippen LogP contribution in [0.5, 0.6) is 5.75 Å². The molecule has 0 saturated carbocycles. The predicted octanol–water partition coefficient (Wildman–Crippen LogP) is 10.0. The molecule has 0 fully saturated rings. The average molecular weight is 565 g/mol. The van der Waals surface area contributed by atoms with Crippen LogP contribution in [0.25, 0.3) is 0 Å². The van der Waals surface area contributed by atoms with Crippen molar-refractivity contribution in [2.24, 2.45) is 0 Å². The van der Waals surface area contributed by atoms with Crippen LogP contribution in [-0.4, -0.2) is 11.5 Å². The van der Waals surface area contributed by atoms with Gasteiger partial charge >= 0.3 is 219 Å². The summed E-state index contributed by atoms with van der Waals surface area (Å²) in [6, 6.07) is 23.8. The van der Waals surface area contributed by atoms with Gasteiger partial charge in [-0.2, -0.15) is 0 Å². The molecular weight excluding hydrogens is 511 g/mol. The van der Waals surface area contributed by atoms with Crippen molar-refractivity contribution >= 4 is 17.9 Å². The first-order chi connectivity index (χ1) is 19.4. The molecule has 40 heavy (non-hydrogen) atoms. The Kier molecular flexibility index (Phi) is 13.2. The molecule has 3 aromatic carbocycles. The maximum atomic E-state index is 13.1. The summed E-state index contributed by atoms with van der Waals surface area (Å²) in [6.07, 6.45) is 16.8. The second kappa shape index (κ2) is 16.3. The van der Waals surface area contributed by atoms with Gasteiger partial charge in [-0.3, -0.25) is 0 Å². The summed E-state index contributed by atoms with van der Waals surface area (Å²) in [5.41, 5.74) is 2.90. The zero-order valence-corrected chi connectivity index (χ0v) is 26.4. The number of benzene rings is 3. The molecule has 1 N–H and O–H groups in total. The summed E-state index contributed by atoms with van der Waals surface area (Å²) in [7, 11) is -4.53. The second-order valence-electron chi connectivity index (χ2n) is 11.4. The van der Waals surface area contributed by atoms with E-state index in [4.69, 9.17) is 9.05 Å². The number of aryl methyl sites for hydroxylation is 3. The molecule has 0 amide bonds. The van der Waals surface area contributed by atoms with E-state index in [1.807, 2.05) is 93.6 Å². The fraction of sp³-hybridized carbons (Fsp3) is 0.500. The van der Waals surface area contributed by atoms with E-state index in [9.17, 15) is 4.89 Å². The summed E-state index contributed by atoms with van der Waals surface area (Å²) in [6.45, 7) is 8.79. The van der Waals surface area contributed by atoms with Gasteiger partial charge in [0.25, 0.3) is 0 Å². The van der Waals surface area contributed by atoms with Crippen molar-refractivity contribution < 1.29 is 13.9 Å². The van der Waals surface area contributed by atoms with Gasteiger partial charge in [0.2, 0.25) is 0 Å². The Labute approximate surface area is 244 Å². The van der Waals surface area contributed by atoms with Gasteiger partial charge in [-0.05, 0) is 0 Å². The van der Waals surface area contributed by atoms with Gasteiger partial charge in [-0.1, -0.05) is 26.2 Å². The standard InChI is InChI=1S/C36H53O3P/c1-5-6-7-8-9-10-11-12-13-14-15-16-23-30-38-40(37,35-28-21-18-25-32(35)3,36-29-22-19-26-33(36)4)39-34-27-20-17-24-31(34)2/h17-22,24-29,37H,5-16,23,30H2,1-4H3. The molecule has 0 heterocycles. The van der Waals surface area contributed by atoms with Crippen molar-refractivity contribution in [1.82, 2.24) is 0 Å². The van der Waals surface area contributed by atoms with Crippen LogP contribution in [0.15, 0.2) is 72.8 Å². The normalized spacial score (nSPS) is 12.7. The molecule has 0 aliphatic carbocycles. The first kappa shape index (κ1) is 32.3. The molecule has 0 atom stereocenters. The van der Waals surface area contributed by atoms with Crippen LogP contribution in [-0.2, 0) is 4.52 Å². The van der Waals surface area contributed by atoms with Crippen LogP contribution in [0.4, 0.5) is 0 Å². The fourth-order valence-electron chi connectivity index (χ4n) is 5.60. The van der Waals surface area contributed by atoms with E-state index in [2.05, 4.69) is 6.92 Å². The summed E-state index contributed by atoms with van der Waals surface area (Å²) in [5, 5.41) is 1.47. The van der Waals surface area contributed by atoms with E-state index in [-0.39, 0.29) is 0 Å². The summed E-state index contributed by atoms with van der Waals surface area (Å²) >= 11 is 0. The molecule has 4 heteroatoms. The Morgan fingerprint density at radius 3 is 1.38 bits per heavy atom. The van der Waals surface area contributed by atoms with E-state index in [0.717, 1.165) is 40.1 Å². The van der Waals surface area contributed by atoms with Crippen LogP contribution < -0.4 is 15.1 Å². The number of para-hydroxylation sites is 1. The van der Waals surface area contributed by atoms with Gasteiger partial charge in [0.1, 0.15) is 0 Å². The Morgan fingerprint density at radius 1 is 0.525 bits per heavy atom. The number of hydrogen-bond donors (Lipinski definition) is 1. The first-order valence-electron chi connectivity index (χ1n) is 15.7. The molecule has 0 radical (unpaired) electrons. The van der Waals surface area contributed by atoms with Gasteiger partial charge in [-0.15, -0.1) is 0 Å². The Morgan fingerprint density at radius 2 is 0.925 bits per heavy atom. The Bertz CT molecular complexity index is 1110. The monoisotopic (exact) mass is 564 g/mol. The summed E-state index contributed by atoms with van der Waals surface area (Å²) < 4.78 is 13.6. The molecule has 3 nitrogen and oxygen atoms in total. The van der Waals surface area contributed by atoms with Crippen molar-refractivity contribution in [3.05, 3.63) is 89.5 Å². The average Bonchev–Trinajstić information content (AvgIpc) is 2.95. The molecule has 3 aromatic rings. The molecule has 0 aliphatic rings. The van der Waals surface area contributed by atoms with Crippen molar-refractivity contribution in [2.45, 2.75) is 111 Å². The second-order valence-corrected chi connectivity index (χ2v) is 14.7. The predicted molar refractivity (Wildman–Crippen MR) is 174 cm³/mol. The van der Waals surface area contributed by atoms with Crippen molar-refractivity contribution in [3.63, 3.8) is 0 Å². The third-order valence-corrected chi connectivity index (χ3v) is 11.9. The molecule has 0 unspecified atom stereocenters. The van der Waals surface area contributed by atoms with Crippen LogP contribution in [0.2, 0.25) is 0 Å². The van der Waals surface area contributed by atoms with E-state index in [0.29, 0.717) is 12.4 Å². The van der Waals surface area contributed by atoms with Gasteiger partial charge in [0, 0.05) is 0 Å². The van der Waals surface area contributed by atoms with Crippen molar-refractivity contribution in [3.8, 4) is 5.75 Å². The van der Waals surface area contributed by atoms with Gasteiger partial charge in [0.15, 0.2) is 0 Å². The SMILES string of the molecule is CCCCCCCCCCCCCCCOP(O)(Oc1ccccc1C)(c1ccccc1C)c1ccccc1C. The summed E-state index contributed by atoms with van der Waals surface area (Å²) in [4.78, 5) is 13.1. The van der Waals surface area contributed by atoms with E-state index >= 15 is 0 Å². The fourth-order valence-corrected chi connectivity index (χ4v) is 9.52. The van der Waals surface area contributed by atoms with Crippen molar-refractivity contribution in [2.75, 3.05) is 6.61 Å². The minimum absolute atomic E-state index is 0.445. The minimum atomic E-state index is -4.53. The first-order valence-corrected chi connectivity index (χ1v) is 17.7. The van der Waals surface area contributed by atoms with Crippen LogP contribution in [0.3, 0.4) is 0 Å². The molecule has 0 saturated heterocycles. The van der Waals surface area contributed by atoms with E-state index in [1.165, 1.54) is 70.6 Å². The van der Waals surface area contributed by atoms with Crippen molar-refractivity contribution in [1.29, 1.82) is 0 Å². The molecule has 0 aromatic heterocycles. The van der Waals surface area contributed by atoms with Gasteiger partial charge in [0.05, 0.1) is 0 Å². The molecule has 220 valence electrons. The molecule has 0 spiro atoms. The number of rotatable bonds is 19. The summed E-state index contributed by atoms with van der Waals surface area (Å²) in [5.74, 6) is 0.652. The van der Waals surface area contributed by atoms with Crippen LogP contribution in [0.1, 0.15) is 107 Å². The third-order valence-electron chi connectivity index (χ3n) is 8.02. The quantitative estimate of drug-likeness (QED) is 0.116. The number of unbranched alkanes of at least 4 members (excludes halogenated alkanes) is 12. The maximum absolute atomic E-state index is 13.1. The zero-order chi connectivity index (χ0) is 28.7.